The number of allylic oxidation sites excluding steroid dienone is 1. The maximum Gasteiger partial charge on any atom is 0.416 e. The summed E-state index contributed by atoms with van der Waals surface area (Å²) in [6.07, 6.45) is -3.43. The standard InChI is InChI=1S/C19H15F4N3O3/c1-29-18(28)17(24)12(10-27)9-25-16-4-2-3-15(26-16)7-11-5-13(19(21,22)23)8-14(20)6-11/h2-6,8-10H,7,24H2,1H3/b17-12+,25-9+. The van der Waals surface area contributed by atoms with Gasteiger partial charge >= 0.3 is 12.1 Å². The molecular weight excluding hydrogens is 394 g/mol. The number of hydrogen-bond donors (Lipinski definition) is 1. The zero-order valence-electron chi connectivity index (χ0n) is 15.0. The summed E-state index contributed by atoms with van der Waals surface area (Å²) in [7, 11) is 1.09. The van der Waals surface area contributed by atoms with Crippen molar-refractivity contribution in [3.05, 3.63) is 70.3 Å². The number of hydrogen-bond acceptors (Lipinski definition) is 6. The molecule has 0 aliphatic rings. The molecule has 6 nitrogen and oxygen atoms in total. The Bertz CT molecular complexity index is 985. The molecule has 0 aliphatic heterocycles. The van der Waals surface area contributed by atoms with Crippen LogP contribution in [0, 0.1) is 5.82 Å². The quantitative estimate of drug-likeness (QED) is 0.260. The summed E-state index contributed by atoms with van der Waals surface area (Å²) in [5.74, 6) is -1.82. The molecule has 0 atom stereocenters. The van der Waals surface area contributed by atoms with E-state index in [0.29, 0.717) is 18.0 Å². The number of methoxy groups -OCH3 is 1. The molecule has 0 saturated heterocycles. The molecule has 0 unspecified atom stereocenters. The Morgan fingerprint density at radius 1 is 1.28 bits per heavy atom. The van der Waals surface area contributed by atoms with Crippen LogP contribution in [0.1, 0.15) is 16.8 Å². The number of carbonyl (C=O) groups excluding carboxylic acids is 2. The lowest BCUT2D eigenvalue weighted by atomic mass is 10.1. The van der Waals surface area contributed by atoms with Crippen molar-refractivity contribution in [3.8, 4) is 0 Å². The van der Waals surface area contributed by atoms with Gasteiger partial charge in [0.15, 0.2) is 12.1 Å². The number of nitrogens with zero attached hydrogens (tertiary/aromatic N) is 2. The highest BCUT2D eigenvalue weighted by Gasteiger charge is 2.31. The number of aldehydes is 1. The van der Waals surface area contributed by atoms with Crippen molar-refractivity contribution in [2.45, 2.75) is 12.6 Å². The van der Waals surface area contributed by atoms with Gasteiger partial charge in [-0.2, -0.15) is 13.2 Å². The summed E-state index contributed by atoms with van der Waals surface area (Å²) in [4.78, 5) is 30.5. The third-order valence-electron chi connectivity index (χ3n) is 3.64. The maximum absolute atomic E-state index is 13.5. The molecule has 152 valence electrons. The first kappa shape index (κ1) is 21.7. The minimum Gasteiger partial charge on any atom is -0.464 e. The van der Waals surface area contributed by atoms with Crippen molar-refractivity contribution < 1.29 is 31.9 Å². The Morgan fingerprint density at radius 2 is 2.00 bits per heavy atom. The molecule has 2 aromatic rings. The van der Waals surface area contributed by atoms with Crippen LogP contribution in [0.3, 0.4) is 0 Å². The van der Waals surface area contributed by atoms with Gasteiger partial charge in [0.2, 0.25) is 0 Å². The molecule has 29 heavy (non-hydrogen) atoms. The molecule has 10 heteroatoms. The van der Waals surface area contributed by atoms with Crippen molar-refractivity contribution in [2.24, 2.45) is 10.7 Å². The molecule has 0 spiro atoms. The van der Waals surface area contributed by atoms with Gasteiger partial charge in [0.1, 0.15) is 11.5 Å². The number of halogens is 4. The van der Waals surface area contributed by atoms with Gasteiger partial charge in [0, 0.05) is 18.3 Å². The van der Waals surface area contributed by atoms with Crippen molar-refractivity contribution in [3.63, 3.8) is 0 Å². The number of benzene rings is 1. The van der Waals surface area contributed by atoms with Crippen LogP contribution in [-0.4, -0.2) is 30.6 Å². The van der Waals surface area contributed by atoms with E-state index in [1.165, 1.54) is 18.2 Å². The van der Waals surface area contributed by atoms with E-state index >= 15 is 0 Å². The Morgan fingerprint density at radius 3 is 2.62 bits per heavy atom. The predicted octanol–water partition coefficient (Wildman–Crippen LogP) is 3.12. The largest absolute Gasteiger partial charge is 0.464 e. The van der Waals surface area contributed by atoms with Gasteiger partial charge in [-0.1, -0.05) is 6.07 Å². The van der Waals surface area contributed by atoms with Crippen LogP contribution in [0.15, 0.2) is 52.7 Å². The second-order valence-corrected chi connectivity index (χ2v) is 5.75. The molecular formula is C19H15F4N3O3. The highest BCUT2D eigenvalue weighted by molar-refractivity contribution is 6.09. The first-order chi connectivity index (χ1) is 13.6. The fourth-order valence-corrected chi connectivity index (χ4v) is 2.29. The average Bonchev–Trinajstić information content (AvgIpc) is 2.66. The van der Waals surface area contributed by atoms with Gasteiger partial charge in [0.25, 0.3) is 0 Å². The van der Waals surface area contributed by atoms with Crippen LogP contribution < -0.4 is 5.73 Å². The van der Waals surface area contributed by atoms with Crippen molar-refractivity contribution >= 4 is 24.3 Å². The first-order valence-electron chi connectivity index (χ1n) is 8.04. The Labute approximate surface area is 162 Å². The van der Waals surface area contributed by atoms with Crippen molar-refractivity contribution in [1.29, 1.82) is 0 Å². The molecule has 2 N–H and O–H groups in total. The SMILES string of the molecule is COC(=O)/C(N)=C(C=O)/C=N/c1cccc(Cc2cc(F)cc(C(F)(F)F)c2)n1. The minimum atomic E-state index is -4.67. The van der Waals surface area contributed by atoms with E-state index < -0.39 is 29.2 Å². The monoisotopic (exact) mass is 409 g/mol. The number of alkyl halides is 3. The van der Waals surface area contributed by atoms with E-state index in [1.807, 2.05) is 0 Å². The van der Waals surface area contributed by atoms with Crippen LogP contribution >= 0.6 is 0 Å². The number of ether oxygens (including phenoxy) is 1. The highest BCUT2D eigenvalue weighted by Crippen LogP contribution is 2.30. The normalized spacial score (nSPS) is 12.6. The second-order valence-electron chi connectivity index (χ2n) is 5.75. The topological polar surface area (TPSA) is 94.6 Å². The number of aliphatic imine (C=N–C) groups is 1. The lowest BCUT2D eigenvalue weighted by molar-refractivity contribution is -0.138. The zero-order chi connectivity index (χ0) is 21.6. The van der Waals surface area contributed by atoms with Crippen LogP contribution in [0.2, 0.25) is 0 Å². The number of nitrogens with two attached hydrogens (primary N) is 1. The smallest absolute Gasteiger partial charge is 0.416 e. The van der Waals surface area contributed by atoms with E-state index in [2.05, 4.69) is 14.7 Å². The number of rotatable bonds is 6. The van der Waals surface area contributed by atoms with Crippen LogP contribution in [0.5, 0.6) is 0 Å². The Balaban J connectivity index is 2.28. The molecule has 0 fully saturated rings. The van der Waals surface area contributed by atoms with Crippen LogP contribution in [-0.2, 0) is 26.9 Å². The summed E-state index contributed by atoms with van der Waals surface area (Å²) in [5.41, 5.74) is 4.10. The molecule has 1 heterocycles. The van der Waals surface area contributed by atoms with E-state index in [1.54, 1.807) is 0 Å². The average molecular weight is 409 g/mol. The summed E-state index contributed by atoms with van der Waals surface area (Å²) < 4.78 is 56.4. The predicted molar refractivity (Wildman–Crippen MR) is 95.9 cm³/mol. The molecule has 0 aliphatic carbocycles. The summed E-state index contributed by atoms with van der Waals surface area (Å²) >= 11 is 0. The number of esters is 1. The molecule has 0 amide bonds. The third-order valence-corrected chi connectivity index (χ3v) is 3.64. The fourth-order valence-electron chi connectivity index (χ4n) is 2.29. The number of carbonyl (C=O) groups is 2. The van der Waals surface area contributed by atoms with E-state index in [-0.39, 0.29) is 23.4 Å². The lowest BCUT2D eigenvalue weighted by Gasteiger charge is -2.09. The minimum absolute atomic E-state index is 0.0781. The van der Waals surface area contributed by atoms with Crippen LogP contribution in [0.4, 0.5) is 23.4 Å². The van der Waals surface area contributed by atoms with E-state index in [4.69, 9.17) is 5.73 Å². The molecule has 1 aromatic carbocycles. The van der Waals surface area contributed by atoms with Crippen molar-refractivity contribution in [2.75, 3.05) is 7.11 Å². The molecule has 0 saturated carbocycles. The third kappa shape index (κ3) is 5.96. The Hall–Kier alpha value is -3.56. The maximum atomic E-state index is 13.5. The van der Waals surface area contributed by atoms with Gasteiger partial charge < -0.3 is 10.5 Å². The first-order valence-corrected chi connectivity index (χ1v) is 8.04. The van der Waals surface area contributed by atoms with Crippen molar-refractivity contribution in [1.82, 2.24) is 4.98 Å². The van der Waals surface area contributed by atoms with Gasteiger partial charge in [0.05, 0.1) is 18.2 Å². The molecule has 0 bridgehead atoms. The highest BCUT2D eigenvalue weighted by atomic mass is 19.4. The molecule has 0 radical (unpaired) electrons. The van der Waals surface area contributed by atoms with E-state index in [9.17, 15) is 27.2 Å². The van der Waals surface area contributed by atoms with Gasteiger partial charge in [-0.15, -0.1) is 0 Å². The lowest BCUT2D eigenvalue weighted by Crippen LogP contribution is -2.17. The summed E-state index contributed by atoms with van der Waals surface area (Å²) in [6, 6.07) is 6.76. The van der Waals surface area contributed by atoms with Crippen LogP contribution in [0.25, 0.3) is 0 Å². The van der Waals surface area contributed by atoms with Gasteiger partial charge in [-0.3, -0.25) is 4.79 Å². The molecule has 1 aromatic heterocycles. The number of pyridine rings is 1. The van der Waals surface area contributed by atoms with E-state index in [0.717, 1.165) is 25.5 Å². The number of aromatic nitrogens is 1. The second kappa shape index (κ2) is 9.09. The van der Waals surface area contributed by atoms with Gasteiger partial charge in [-0.25, -0.2) is 19.2 Å². The van der Waals surface area contributed by atoms with Gasteiger partial charge in [-0.05, 0) is 35.9 Å². The summed E-state index contributed by atoms with van der Waals surface area (Å²) in [5, 5.41) is 0. The fraction of sp³-hybridized carbons (Fsp3) is 0.158. The summed E-state index contributed by atoms with van der Waals surface area (Å²) in [6.45, 7) is 0. The zero-order valence-corrected chi connectivity index (χ0v) is 15.0. The molecule has 2 rings (SSSR count). The Kier molecular flexibility index (Phi) is 6.81.